The van der Waals surface area contributed by atoms with E-state index in [1.54, 1.807) is 31.2 Å². The van der Waals surface area contributed by atoms with E-state index in [-0.39, 0.29) is 18.4 Å². The van der Waals surface area contributed by atoms with E-state index in [2.05, 4.69) is 0 Å². The third kappa shape index (κ3) is 2.60. The summed E-state index contributed by atoms with van der Waals surface area (Å²) in [7, 11) is 0. The first kappa shape index (κ1) is 14.3. The maximum Gasteiger partial charge on any atom is 0.270 e. The average Bonchev–Trinajstić information content (AvgIpc) is 2.61. The highest BCUT2D eigenvalue weighted by Gasteiger charge is 2.33. The van der Waals surface area contributed by atoms with Gasteiger partial charge in [0, 0.05) is 0 Å². The minimum atomic E-state index is -0.682. The molecule has 4 nitrogen and oxygen atoms in total. The van der Waals surface area contributed by atoms with Gasteiger partial charge in [0.15, 0.2) is 6.10 Å². The molecule has 2 aromatic rings. The molecule has 112 valence electrons. The van der Waals surface area contributed by atoms with Gasteiger partial charge in [0.25, 0.3) is 11.8 Å². The van der Waals surface area contributed by atoms with E-state index >= 15 is 0 Å². The molecule has 4 heteroatoms. The Morgan fingerprint density at radius 1 is 1.05 bits per heavy atom. The summed E-state index contributed by atoms with van der Waals surface area (Å²) in [5.41, 5.74) is 2.48. The van der Waals surface area contributed by atoms with Crippen LogP contribution in [-0.2, 0) is 11.3 Å². The minimum Gasteiger partial charge on any atom is -0.480 e. The van der Waals surface area contributed by atoms with Gasteiger partial charge in [-0.05, 0) is 31.5 Å². The Bertz CT molecular complexity index is 721. The van der Waals surface area contributed by atoms with Crippen LogP contribution in [0.1, 0.15) is 28.4 Å². The van der Waals surface area contributed by atoms with E-state index in [1.165, 1.54) is 4.90 Å². The molecule has 22 heavy (non-hydrogen) atoms. The molecule has 2 aromatic carbocycles. The second-order valence-corrected chi connectivity index (χ2v) is 5.47. The summed E-state index contributed by atoms with van der Waals surface area (Å²) in [6.07, 6.45) is -0.682. The van der Waals surface area contributed by atoms with Gasteiger partial charge in [0.2, 0.25) is 0 Å². The number of carbonyl (C=O) groups excluding carboxylic acids is 2. The molecule has 0 fully saturated rings. The smallest absolute Gasteiger partial charge is 0.270 e. The molecule has 1 unspecified atom stereocenters. The summed E-state index contributed by atoms with van der Waals surface area (Å²) < 4.78 is 5.61. The fourth-order valence-corrected chi connectivity index (χ4v) is 2.48. The molecule has 0 radical (unpaired) electrons. The Hall–Kier alpha value is -2.62. The maximum absolute atomic E-state index is 12.7. The van der Waals surface area contributed by atoms with E-state index in [9.17, 15) is 9.59 Å². The zero-order valence-corrected chi connectivity index (χ0v) is 12.6. The molecule has 0 saturated carbocycles. The van der Waals surface area contributed by atoms with Crippen molar-refractivity contribution < 1.29 is 14.3 Å². The molecule has 0 saturated heterocycles. The number of benzene rings is 2. The first-order valence-electron chi connectivity index (χ1n) is 7.23. The van der Waals surface area contributed by atoms with Crippen molar-refractivity contribution in [2.24, 2.45) is 0 Å². The van der Waals surface area contributed by atoms with Crippen LogP contribution in [-0.4, -0.2) is 22.8 Å². The first-order chi connectivity index (χ1) is 10.6. The van der Waals surface area contributed by atoms with E-state index in [4.69, 9.17) is 4.74 Å². The van der Waals surface area contributed by atoms with Crippen molar-refractivity contribution in [2.45, 2.75) is 26.5 Å². The van der Waals surface area contributed by atoms with E-state index < -0.39 is 6.10 Å². The average molecular weight is 295 g/mol. The van der Waals surface area contributed by atoms with Crippen LogP contribution < -0.4 is 4.74 Å². The van der Waals surface area contributed by atoms with Crippen LogP contribution in [0.3, 0.4) is 0 Å². The number of hydrogen-bond donors (Lipinski definition) is 0. The van der Waals surface area contributed by atoms with Crippen LogP contribution in [0.4, 0.5) is 0 Å². The third-order valence-corrected chi connectivity index (χ3v) is 3.74. The molecular weight excluding hydrogens is 278 g/mol. The summed E-state index contributed by atoms with van der Waals surface area (Å²) >= 11 is 0. The normalized spacial score (nSPS) is 17.7. The molecule has 0 aromatic heterocycles. The summed E-state index contributed by atoms with van der Waals surface area (Å²) in [5, 5.41) is 0. The summed E-state index contributed by atoms with van der Waals surface area (Å²) in [5.74, 6) is -0.174. The van der Waals surface area contributed by atoms with Crippen molar-refractivity contribution in [2.75, 3.05) is 0 Å². The number of amides is 2. The Morgan fingerprint density at radius 2 is 1.73 bits per heavy atom. The van der Waals surface area contributed by atoms with Gasteiger partial charge in [0.1, 0.15) is 5.75 Å². The number of aryl methyl sites for hydroxylation is 1. The number of ether oxygens (including phenoxy) is 1. The molecule has 1 aliphatic heterocycles. The number of imide groups is 1. The van der Waals surface area contributed by atoms with Crippen LogP contribution in [0.5, 0.6) is 5.75 Å². The number of nitrogens with zero attached hydrogens (tertiary/aromatic N) is 1. The van der Waals surface area contributed by atoms with Crippen molar-refractivity contribution in [1.29, 1.82) is 0 Å². The Kier molecular flexibility index (Phi) is 3.67. The Labute approximate surface area is 129 Å². The number of fused-ring (bicyclic) bond motifs is 1. The molecule has 0 aliphatic carbocycles. The van der Waals surface area contributed by atoms with Gasteiger partial charge in [-0.1, -0.05) is 42.0 Å². The largest absolute Gasteiger partial charge is 0.480 e. The number of hydrogen-bond acceptors (Lipinski definition) is 3. The minimum absolute atomic E-state index is 0.250. The van der Waals surface area contributed by atoms with Gasteiger partial charge in [-0.15, -0.1) is 0 Å². The van der Waals surface area contributed by atoms with Gasteiger partial charge >= 0.3 is 0 Å². The zero-order valence-electron chi connectivity index (χ0n) is 12.6. The lowest BCUT2D eigenvalue weighted by atomic mass is 10.1. The highest BCUT2D eigenvalue weighted by molar-refractivity contribution is 6.08. The monoisotopic (exact) mass is 295 g/mol. The summed E-state index contributed by atoms with van der Waals surface area (Å²) in [4.78, 5) is 26.4. The maximum atomic E-state index is 12.7. The topological polar surface area (TPSA) is 46.6 Å². The highest BCUT2D eigenvalue weighted by Crippen LogP contribution is 2.26. The molecule has 0 N–H and O–H groups in total. The van der Waals surface area contributed by atoms with Crippen LogP contribution in [0, 0.1) is 6.92 Å². The quantitative estimate of drug-likeness (QED) is 0.800. The second kappa shape index (κ2) is 5.64. The standard InChI is InChI=1S/C18H17NO3/c1-12-7-9-14(10-8-12)11-19-17(20)13(2)22-16-6-4-3-5-15(16)18(19)21/h3-10,13H,11H2,1-2H3. The Morgan fingerprint density at radius 3 is 2.45 bits per heavy atom. The van der Waals surface area contributed by atoms with Crippen LogP contribution >= 0.6 is 0 Å². The van der Waals surface area contributed by atoms with Crippen molar-refractivity contribution in [1.82, 2.24) is 4.90 Å². The molecule has 0 bridgehead atoms. The van der Waals surface area contributed by atoms with Crippen molar-refractivity contribution in [3.05, 3.63) is 65.2 Å². The lowest BCUT2D eigenvalue weighted by Crippen LogP contribution is -2.41. The van der Waals surface area contributed by atoms with Crippen LogP contribution in [0.15, 0.2) is 48.5 Å². The Balaban J connectivity index is 1.96. The number of rotatable bonds is 2. The summed E-state index contributed by atoms with van der Waals surface area (Å²) in [6, 6.07) is 14.8. The highest BCUT2D eigenvalue weighted by atomic mass is 16.5. The fraction of sp³-hybridized carbons (Fsp3) is 0.222. The van der Waals surface area contributed by atoms with Crippen LogP contribution in [0.2, 0.25) is 0 Å². The van der Waals surface area contributed by atoms with Gasteiger partial charge in [0.05, 0.1) is 12.1 Å². The van der Waals surface area contributed by atoms with E-state index in [1.807, 2.05) is 31.2 Å². The zero-order chi connectivity index (χ0) is 15.7. The van der Waals surface area contributed by atoms with Gasteiger partial charge in [-0.2, -0.15) is 0 Å². The SMILES string of the molecule is Cc1ccc(CN2C(=O)c3ccccc3OC(C)C2=O)cc1. The lowest BCUT2D eigenvalue weighted by Gasteiger charge is -2.20. The molecule has 1 atom stereocenters. The predicted octanol–water partition coefficient (Wildman–Crippen LogP) is 2.94. The van der Waals surface area contributed by atoms with E-state index in [0.29, 0.717) is 11.3 Å². The van der Waals surface area contributed by atoms with Gasteiger partial charge in [-0.3, -0.25) is 14.5 Å². The van der Waals surface area contributed by atoms with Crippen molar-refractivity contribution in [3.63, 3.8) is 0 Å². The molecular formula is C18H17NO3. The molecule has 0 spiro atoms. The van der Waals surface area contributed by atoms with Crippen molar-refractivity contribution >= 4 is 11.8 Å². The summed E-state index contributed by atoms with van der Waals surface area (Å²) in [6.45, 7) is 3.91. The van der Waals surface area contributed by atoms with Gasteiger partial charge in [-0.25, -0.2) is 0 Å². The number of para-hydroxylation sites is 1. The van der Waals surface area contributed by atoms with Gasteiger partial charge < -0.3 is 4.74 Å². The molecule has 1 aliphatic rings. The third-order valence-electron chi connectivity index (χ3n) is 3.74. The molecule has 1 heterocycles. The lowest BCUT2D eigenvalue weighted by molar-refractivity contribution is -0.135. The first-order valence-corrected chi connectivity index (χ1v) is 7.23. The second-order valence-electron chi connectivity index (χ2n) is 5.47. The van der Waals surface area contributed by atoms with Crippen molar-refractivity contribution in [3.8, 4) is 5.75 Å². The molecule has 3 rings (SSSR count). The number of carbonyl (C=O) groups is 2. The fourth-order valence-electron chi connectivity index (χ4n) is 2.48. The van der Waals surface area contributed by atoms with Crippen LogP contribution in [0.25, 0.3) is 0 Å². The van der Waals surface area contributed by atoms with E-state index in [0.717, 1.165) is 11.1 Å². The predicted molar refractivity (Wildman–Crippen MR) is 82.6 cm³/mol. The molecule has 2 amide bonds.